The smallest absolute Gasteiger partial charge is 0.231 e. The van der Waals surface area contributed by atoms with Gasteiger partial charge in [0.1, 0.15) is 60.2 Å². The summed E-state index contributed by atoms with van der Waals surface area (Å²) in [7, 11) is 0. The van der Waals surface area contributed by atoms with Crippen LogP contribution in [0.3, 0.4) is 0 Å². The number of rotatable bonds is 10. The first-order valence-corrected chi connectivity index (χ1v) is 14.4. The van der Waals surface area contributed by atoms with E-state index < -0.39 is 74.6 Å². The molecule has 0 bridgehead atoms. The van der Waals surface area contributed by atoms with Gasteiger partial charge >= 0.3 is 0 Å². The number of aliphatic hydroxyl groups excluding tert-OH is 7. The second-order valence-electron chi connectivity index (χ2n) is 11.1. The van der Waals surface area contributed by atoms with Crippen LogP contribution in [0.25, 0.3) is 22.3 Å². The third-order valence-corrected chi connectivity index (χ3v) is 8.07. The molecule has 240 valence electrons. The third-order valence-electron chi connectivity index (χ3n) is 8.07. The third kappa shape index (κ3) is 6.29. The van der Waals surface area contributed by atoms with Crippen molar-refractivity contribution in [3.8, 4) is 22.8 Å². The maximum absolute atomic E-state index is 10.4. The number of hydrogen-bond acceptors (Lipinski definition) is 14. The highest BCUT2D eigenvalue weighted by Gasteiger charge is 2.47. The van der Waals surface area contributed by atoms with Crippen molar-refractivity contribution in [2.75, 3.05) is 26.6 Å². The van der Waals surface area contributed by atoms with Gasteiger partial charge in [0.05, 0.1) is 19.8 Å². The maximum Gasteiger partial charge on any atom is 0.231 e. The van der Waals surface area contributed by atoms with Crippen LogP contribution in [0.2, 0.25) is 0 Å². The summed E-state index contributed by atoms with van der Waals surface area (Å²) >= 11 is 0. The summed E-state index contributed by atoms with van der Waals surface area (Å²) < 4.78 is 39.0. The van der Waals surface area contributed by atoms with E-state index in [0.29, 0.717) is 30.1 Å². The van der Waals surface area contributed by atoms with Gasteiger partial charge in [0.15, 0.2) is 24.1 Å². The molecule has 3 aliphatic heterocycles. The summed E-state index contributed by atoms with van der Waals surface area (Å²) in [5.41, 5.74) is 2.64. The Morgan fingerprint density at radius 2 is 1.41 bits per heavy atom. The average Bonchev–Trinajstić information content (AvgIpc) is 3.68. The van der Waals surface area contributed by atoms with Crippen LogP contribution in [0.4, 0.5) is 0 Å². The summed E-state index contributed by atoms with van der Waals surface area (Å²) in [4.78, 5) is 0. The van der Waals surface area contributed by atoms with Crippen molar-refractivity contribution in [2.45, 2.75) is 74.3 Å². The number of hydrogen-bond donors (Lipinski definition) is 7. The molecule has 2 aromatic carbocycles. The largest absolute Gasteiger partial charge is 0.456 e. The molecular weight excluding hydrogens is 584 g/mol. The Labute approximate surface area is 251 Å². The molecule has 0 unspecified atom stereocenters. The lowest BCUT2D eigenvalue weighted by Gasteiger charge is -2.42. The van der Waals surface area contributed by atoms with Gasteiger partial charge in [-0.3, -0.25) is 0 Å². The fourth-order valence-corrected chi connectivity index (χ4v) is 5.50. The summed E-state index contributed by atoms with van der Waals surface area (Å²) in [6.07, 6.45) is -13.5. The summed E-state index contributed by atoms with van der Waals surface area (Å²) in [6, 6.07) is 13.5. The Balaban J connectivity index is 1.01. The van der Waals surface area contributed by atoms with Crippen molar-refractivity contribution in [2.24, 2.45) is 0 Å². The first kappa shape index (κ1) is 31.1. The van der Waals surface area contributed by atoms with Crippen LogP contribution < -0.4 is 9.47 Å². The second-order valence-corrected chi connectivity index (χ2v) is 11.1. The molecule has 3 aromatic rings. The first-order chi connectivity index (χ1) is 21.2. The molecule has 0 amide bonds. The number of ether oxygens (including phenoxy) is 6. The summed E-state index contributed by atoms with van der Waals surface area (Å²) in [6.45, 7) is -0.698. The fraction of sp³-hybridized carbons (Fsp3) is 0.533. The van der Waals surface area contributed by atoms with Gasteiger partial charge in [-0.15, -0.1) is 0 Å². The summed E-state index contributed by atoms with van der Waals surface area (Å²) in [5, 5.41) is 71.5. The van der Waals surface area contributed by atoms with E-state index in [9.17, 15) is 35.7 Å². The molecule has 14 nitrogen and oxygen atoms in total. The minimum atomic E-state index is -1.65. The Morgan fingerprint density at radius 1 is 0.705 bits per heavy atom. The van der Waals surface area contributed by atoms with Crippen molar-refractivity contribution in [1.82, 2.24) is 0 Å². The number of fused-ring (bicyclic) bond motifs is 2. The number of aliphatic hydroxyl groups is 7. The topological polar surface area (TPSA) is 210 Å². The van der Waals surface area contributed by atoms with Gasteiger partial charge in [-0.2, -0.15) is 0 Å². The molecule has 44 heavy (non-hydrogen) atoms. The number of benzene rings is 2. The predicted octanol–water partition coefficient (Wildman–Crippen LogP) is -0.598. The van der Waals surface area contributed by atoms with Crippen LogP contribution in [0.1, 0.15) is 12.0 Å². The van der Waals surface area contributed by atoms with Crippen LogP contribution >= 0.6 is 0 Å². The zero-order chi connectivity index (χ0) is 31.0. The molecule has 4 heterocycles. The molecule has 3 aliphatic rings. The van der Waals surface area contributed by atoms with Gasteiger partial charge in [0.2, 0.25) is 6.79 Å². The van der Waals surface area contributed by atoms with E-state index >= 15 is 0 Å². The van der Waals surface area contributed by atoms with Crippen LogP contribution in [0, 0.1) is 0 Å². The minimum Gasteiger partial charge on any atom is -0.456 e. The molecule has 1 aromatic heterocycles. The van der Waals surface area contributed by atoms with Crippen molar-refractivity contribution in [3.05, 3.63) is 48.0 Å². The van der Waals surface area contributed by atoms with E-state index in [1.54, 1.807) is 0 Å². The molecule has 7 N–H and O–H groups in total. The first-order valence-electron chi connectivity index (χ1n) is 14.4. The molecule has 0 radical (unpaired) electrons. The summed E-state index contributed by atoms with van der Waals surface area (Å²) in [5.74, 6) is 2.07. The predicted molar refractivity (Wildman–Crippen MR) is 148 cm³/mol. The standard InChI is InChI=1S/C30H36O14/c31-11-21-23(32)25(34)28(37)30(43-21)39-12-22-24(33)26(35)27(36)29(44-22)38-7-1-2-14-3-5-17-16(8-14)10-19(42-17)15-4-6-18-20(9-15)41-13-40-18/h3-6,8-10,21-37H,1-2,7,11-13H2/t21-,22-,23-,24-,25+,26+,27-,28-,29-,30-/m1/s1. The Kier molecular flexibility index (Phi) is 9.37. The zero-order valence-electron chi connectivity index (χ0n) is 23.5. The van der Waals surface area contributed by atoms with Gasteiger partial charge in [0, 0.05) is 10.9 Å². The average molecular weight is 621 g/mol. The Morgan fingerprint density at radius 3 is 2.18 bits per heavy atom. The van der Waals surface area contributed by atoms with Crippen molar-refractivity contribution in [3.63, 3.8) is 0 Å². The number of aryl methyl sites for hydroxylation is 1. The Hall–Kier alpha value is -2.86. The molecule has 2 saturated heterocycles. The van der Waals surface area contributed by atoms with Crippen LogP contribution in [-0.2, 0) is 25.4 Å². The quantitative estimate of drug-likeness (QED) is 0.141. The van der Waals surface area contributed by atoms with Gasteiger partial charge in [-0.1, -0.05) is 6.07 Å². The van der Waals surface area contributed by atoms with Crippen LogP contribution in [0.5, 0.6) is 11.5 Å². The molecule has 0 spiro atoms. The lowest BCUT2D eigenvalue weighted by molar-refractivity contribution is -0.331. The van der Waals surface area contributed by atoms with Crippen molar-refractivity contribution in [1.29, 1.82) is 0 Å². The van der Waals surface area contributed by atoms with Crippen LogP contribution in [-0.4, -0.2) is 124 Å². The van der Waals surface area contributed by atoms with Crippen molar-refractivity contribution >= 4 is 11.0 Å². The van der Waals surface area contributed by atoms with E-state index in [1.165, 1.54) is 0 Å². The lowest BCUT2D eigenvalue weighted by atomic mass is 9.98. The van der Waals surface area contributed by atoms with Crippen molar-refractivity contribution < 1.29 is 68.6 Å². The van der Waals surface area contributed by atoms with E-state index in [1.807, 2.05) is 42.5 Å². The van der Waals surface area contributed by atoms with Gasteiger partial charge in [-0.25, -0.2) is 0 Å². The number of furan rings is 1. The Bertz CT molecular complexity index is 1410. The van der Waals surface area contributed by atoms with Crippen LogP contribution in [0.15, 0.2) is 46.9 Å². The second kappa shape index (κ2) is 13.2. The molecule has 0 saturated carbocycles. The van der Waals surface area contributed by atoms with E-state index in [2.05, 4.69) is 0 Å². The van der Waals surface area contributed by atoms with Gasteiger partial charge < -0.3 is 68.6 Å². The van der Waals surface area contributed by atoms with Gasteiger partial charge in [-0.05, 0) is 54.8 Å². The molecule has 14 heteroatoms. The molecular formula is C30H36O14. The minimum absolute atomic E-state index is 0.163. The maximum atomic E-state index is 10.4. The monoisotopic (exact) mass is 620 g/mol. The highest BCUT2D eigenvalue weighted by atomic mass is 16.7. The van der Waals surface area contributed by atoms with Gasteiger partial charge in [0.25, 0.3) is 0 Å². The van der Waals surface area contributed by atoms with E-state index in [0.717, 1.165) is 22.1 Å². The molecule has 0 aliphatic carbocycles. The highest BCUT2D eigenvalue weighted by Crippen LogP contribution is 2.37. The lowest BCUT2D eigenvalue weighted by Crippen LogP contribution is -2.61. The zero-order valence-corrected chi connectivity index (χ0v) is 23.5. The molecule has 2 fully saturated rings. The highest BCUT2D eigenvalue weighted by molar-refractivity contribution is 5.83. The molecule has 10 atom stereocenters. The SMILES string of the molecule is OC[C@H]1O[C@@H](OC[C@H]2O[C@@H](OCCCc3ccc4oc(-c5ccc6c(c5)OCO6)cc4c3)[C@H](O)[C@@H](O)[C@@H]2O)[C@H](O)[C@@H](O)[C@@H]1O. The fourth-order valence-electron chi connectivity index (χ4n) is 5.50. The normalized spacial score (nSPS) is 33.6. The van der Waals surface area contributed by atoms with E-state index in [-0.39, 0.29) is 13.4 Å². The molecule has 6 rings (SSSR count). The van der Waals surface area contributed by atoms with E-state index in [4.69, 9.17) is 32.8 Å².